The van der Waals surface area contributed by atoms with E-state index in [1.807, 2.05) is 6.92 Å². The Morgan fingerprint density at radius 1 is 1.20 bits per heavy atom. The summed E-state index contributed by atoms with van der Waals surface area (Å²) < 4.78 is 0. The van der Waals surface area contributed by atoms with E-state index in [4.69, 9.17) is 0 Å². The Morgan fingerprint density at radius 2 is 1.80 bits per heavy atom. The molecule has 0 unspecified atom stereocenters. The van der Waals surface area contributed by atoms with Crippen molar-refractivity contribution in [3.8, 4) is 0 Å². The van der Waals surface area contributed by atoms with E-state index in [1.54, 1.807) is 6.07 Å². The van der Waals surface area contributed by atoms with Gasteiger partial charge in [0.1, 0.15) is 0 Å². The number of carbonyl (C=O) groups excluding carboxylic acids is 1. The summed E-state index contributed by atoms with van der Waals surface area (Å²) in [6, 6.07) is 5.74. The Morgan fingerprint density at radius 3 is 2.36 bits per heavy atom. The molecule has 0 heterocycles. The highest BCUT2D eigenvalue weighted by molar-refractivity contribution is 5.96. The highest BCUT2D eigenvalue weighted by atomic mass is 16.6. The summed E-state index contributed by atoms with van der Waals surface area (Å²) in [4.78, 5) is 22.7. The van der Waals surface area contributed by atoms with Crippen molar-refractivity contribution >= 4 is 17.3 Å². The zero-order chi connectivity index (χ0) is 17.6. The molecule has 0 radical (unpaired) electrons. The number of hydrogen-bond acceptors (Lipinski definition) is 4. The zero-order valence-electron chi connectivity index (χ0n) is 14.4. The fraction of sp³-hybridized carbons (Fsp3) is 0.579. The van der Waals surface area contributed by atoms with E-state index in [0.29, 0.717) is 0 Å². The number of rotatable bonds is 4. The molecule has 1 aromatic rings. The van der Waals surface area contributed by atoms with Crippen molar-refractivity contribution in [2.24, 2.45) is 28.3 Å². The van der Waals surface area contributed by atoms with Crippen LogP contribution in [0, 0.1) is 33.3 Å². The lowest BCUT2D eigenvalue weighted by Crippen LogP contribution is -2.49. The molecule has 0 aromatic heterocycles. The Labute approximate surface area is 146 Å². The molecule has 0 atom stereocenters. The number of non-ortho nitro benzene ring substituents is 1. The van der Waals surface area contributed by atoms with Gasteiger partial charge in [0.25, 0.3) is 11.6 Å². The fourth-order valence-corrected chi connectivity index (χ4v) is 5.63. The number of nitro groups is 1. The molecular weight excluding hydrogens is 318 g/mol. The number of nitrogens with one attached hydrogen (secondary N) is 1. The number of nitrogens with zero attached hydrogens (tertiary/aromatic N) is 2. The van der Waals surface area contributed by atoms with Gasteiger partial charge in [-0.2, -0.15) is 5.10 Å². The third-order valence-corrected chi connectivity index (χ3v) is 6.45. The summed E-state index contributed by atoms with van der Waals surface area (Å²) in [5.41, 5.74) is 3.96. The van der Waals surface area contributed by atoms with Gasteiger partial charge in [0.15, 0.2) is 0 Å². The number of carbonyl (C=O) groups is 1. The van der Waals surface area contributed by atoms with Crippen LogP contribution in [-0.2, 0) is 0 Å². The average molecular weight is 341 g/mol. The average Bonchev–Trinajstić information content (AvgIpc) is 2.58. The summed E-state index contributed by atoms with van der Waals surface area (Å²) in [5, 5.41) is 15.3. The van der Waals surface area contributed by atoms with Gasteiger partial charge in [-0.3, -0.25) is 14.9 Å². The lowest BCUT2D eigenvalue weighted by molar-refractivity contribution is -0.384. The second-order valence-electron chi connectivity index (χ2n) is 8.14. The summed E-state index contributed by atoms with van der Waals surface area (Å²) >= 11 is 0. The monoisotopic (exact) mass is 341 g/mol. The van der Waals surface area contributed by atoms with Gasteiger partial charge in [0, 0.05) is 28.8 Å². The van der Waals surface area contributed by atoms with Crippen molar-refractivity contribution in [3.63, 3.8) is 0 Å². The topological polar surface area (TPSA) is 84.6 Å². The van der Waals surface area contributed by atoms with Crippen molar-refractivity contribution in [2.75, 3.05) is 0 Å². The van der Waals surface area contributed by atoms with Crippen LogP contribution in [0.1, 0.15) is 55.8 Å². The second-order valence-corrected chi connectivity index (χ2v) is 8.14. The molecule has 132 valence electrons. The van der Waals surface area contributed by atoms with Crippen molar-refractivity contribution in [1.29, 1.82) is 0 Å². The molecule has 4 aliphatic carbocycles. The van der Waals surface area contributed by atoms with E-state index in [-0.39, 0.29) is 16.7 Å². The SMILES string of the molecule is C/C(=N\NC(=O)c1cccc([N+](=O)[O-])c1)C12CC3CC(CC(C3)C1)C2. The smallest absolute Gasteiger partial charge is 0.267 e. The predicted octanol–water partition coefficient (Wildman–Crippen LogP) is 3.92. The summed E-state index contributed by atoms with van der Waals surface area (Å²) in [5.74, 6) is 2.07. The normalized spacial score (nSPS) is 33.3. The molecule has 4 saturated carbocycles. The number of hydrogen-bond donors (Lipinski definition) is 1. The summed E-state index contributed by atoms with van der Waals surface area (Å²) in [6.45, 7) is 2.03. The first-order valence-corrected chi connectivity index (χ1v) is 9.05. The van der Waals surface area contributed by atoms with Gasteiger partial charge in [-0.05, 0) is 69.3 Å². The first-order valence-electron chi connectivity index (χ1n) is 9.05. The fourth-order valence-electron chi connectivity index (χ4n) is 5.63. The lowest BCUT2D eigenvalue weighted by atomic mass is 9.48. The first kappa shape index (κ1) is 16.2. The maximum Gasteiger partial charge on any atom is 0.271 e. The molecule has 6 nitrogen and oxygen atoms in total. The maximum atomic E-state index is 12.3. The van der Waals surface area contributed by atoms with E-state index < -0.39 is 10.8 Å². The number of nitro benzene ring substituents is 1. The molecule has 1 N–H and O–H groups in total. The molecule has 1 aromatic carbocycles. The van der Waals surface area contributed by atoms with Crippen LogP contribution in [-0.4, -0.2) is 16.5 Å². The van der Waals surface area contributed by atoms with Crippen LogP contribution in [0.2, 0.25) is 0 Å². The van der Waals surface area contributed by atoms with Gasteiger partial charge in [-0.15, -0.1) is 0 Å². The van der Waals surface area contributed by atoms with E-state index >= 15 is 0 Å². The molecule has 0 aliphatic heterocycles. The van der Waals surface area contributed by atoms with Crippen LogP contribution in [0.5, 0.6) is 0 Å². The van der Waals surface area contributed by atoms with Gasteiger partial charge < -0.3 is 0 Å². The lowest BCUT2D eigenvalue weighted by Gasteiger charge is -2.56. The highest BCUT2D eigenvalue weighted by Gasteiger charge is 2.52. The van der Waals surface area contributed by atoms with E-state index in [2.05, 4.69) is 10.5 Å². The molecule has 5 rings (SSSR count). The number of benzene rings is 1. The van der Waals surface area contributed by atoms with Crippen LogP contribution in [0.3, 0.4) is 0 Å². The Hall–Kier alpha value is -2.24. The largest absolute Gasteiger partial charge is 0.271 e. The minimum atomic E-state index is -0.499. The Kier molecular flexibility index (Phi) is 3.85. The molecule has 0 saturated heterocycles. The first-order chi connectivity index (χ1) is 11.9. The minimum Gasteiger partial charge on any atom is -0.267 e. The van der Waals surface area contributed by atoms with Crippen LogP contribution in [0.25, 0.3) is 0 Å². The third-order valence-electron chi connectivity index (χ3n) is 6.45. The quantitative estimate of drug-likeness (QED) is 0.512. The molecular formula is C19H23N3O3. The van der Waals surface area contributed by atoms with Crippen LogP contribution < -0.4 is 5.43 Å². The van der Waals surface area contributed by atoms with E-state index in [9.17, 15) is 14.9 Å². The Balaban J connectivity index is 1.49. The van der Waals surface area contributed by atoms with Gasteiger partial charge >= 0.3 is 0 Å². The molecule has 6 heteroatoms. The maximum absolute atomic E-state index is 12.3. The van der Waals surface area contributed by atoms with Crippen molar-refractivity contribution in [3.05, 3.63) is 39.9 Å². The zero-order valence-corrected chi connectivity index (χ0v) is 14.4. The number of hydrazone groups is 1. The third kappa shape index (κ3) is 2.94. The number of amides is 1. The molecule has 1 amide bonds. The standard InChI is InChI=1S/C19H23N3O3/c1-12(19-9-13-5-14(10-19)7-15(6-13)11-19)20-21-18(23)16-3-2-4-17(8-16)22(24)25/h2-4,8,13-15H,5-7,9-11H2,1H3,(H,21,23)/b20-12+. The van der Waals surface area contributed by atoms with Crippen molar-refractivity contribution in [2.45, 2.75) is 45.4 Å². The Bertz CT molecular complexity index is 721. The highest BCUT2D eigenvalue weighted by Crippen LogP contribution is 2.60. The molecule has 4 bridgehead atoms. The van der Waals surface area contributed by atoms with Crippen molar-refractivity contribution in [1.82, 2.24) is 5.43 Å². The molecule has 0 spiro atoms. The second kappa shape index (κ2) is 5.93. The summed E-state index contributed by atoms with van der Waals surface area (Å²) in [6.07, 6.45) is 7.69. The molecule has 25 heavy (non-hydrogen) atoms. The molecule has 4 fully saturated rings. The predicted molar refractivity (Wildman–Crippen MR) is 94.3 cm³/mol. The van der Waals surface area contributed by atoms with E-state index in [0.717, 1.165) is 23.5 Å². The van der Waals surface area contributed by atoms with Gasteiger partial charge in [0.2, 0.25) is 0 Å². The van der Waals surface area contributed by atoms with Crippen LogP contribution >= 0.6 is 0 Å². The molecule has 4 aliphatic rings. The van der Waals surface area contributed by atoms with E-state index in [1.165, 1.54) is 56.7 Å². The van der Waals surface area contributed by atoms with Gasteiger partial charge in [-0.1, -0.05) is 6.07 Å². The van der Waals surface area contributed by atoms with Crippen LogP contribution in [0.15, 0.2) is 29.4 Å². The van der Waals surface area contributed by atoms with Gasteiger partial charge in [-0.25, -0.2) is 5.43 Å². The summed E-state index contributed by atoms with van der Waals surface area (Å²) in [7, 11) is 0. The van der Waals surface area contributed by atoms with Gasteiger partial charge in [0.05, 0.1) is 4.92 Å². The van der Waals surface area contributed by atoms with Crippen LogP contribution in [0.4, 0.5) is 5.69 Å². The minimum absolute atomic E-state index is 0.0885. The van der Waals surface area contributed by atoms with Crippen molar-refractivity contribution < 1.29 is 9.72 Å².